The predicted octanol–water partition coefficient (Wildman–Crippen LogP) is 5.07. The van der Waals surface area contributed by atoms with E-state index in [2.05, 4.69) is 5.32 Å². The lowest BCUT2D eigenvalue weighted by molar-refractivity contribution is 0.102. The molecule has 27 heavy (non-hydrogen) atoms. The molecule has 0 aliphatic heterocycles. The predicted molar refractivity (Wildman–Crippen MR) is 110 cm³/mol. The first-order chi connectivity index (χ1) is 13.0. The van der Waals surface area contributed by atoms with E-state index in [0.29, 0.717) is 27.5 Å². The van der Waals surface area contributed by atoms with Crippen LogP contribution < -0.4 is 11.1 Å². The molecule has 3 aromatic rings. The highest BCUT2D eigenvalue weighted by molar-refractivity contribution is 6.30. The number of rotatable bonds is 5. The Kier molecular flexibility index (Phi) is 5.69. The van der Waals surface area contributed by atoms with Crippen molar-refractivity contribution >= 4 is 40.7 Å². The molecular formula is C22H17ClN2O2. The van der Waals surface area contributed by atoms with Gasteiger partial charge in [0.2, 0.25) is 0 Å². The molecule has 0 aliphatic rings. The molecule has 0 aromatic heterocycles. The lowest BCUT2D eigenvalue weighted by Gasteiger charge is -2.08. The van der Waals surface area contributed by atoms with Crippen LogP contribution in [0.3, 0.4) is 0 Å². The van der Waals surface area contributed by atoms with Crippen molar-refractivity contribution in [1.29, 1.82) is 0 Å². The Morgan fingerprint density at radius 3 is 2.15 bits per heavy atom. The van der Waals surface area contributed by atoms with E-state index >= 15 is 0 Å². The summed E-state index contributed by atoms with van der Waals surface area (Å²) in [5.41, 5.74) is 8.68. The Balaban J connectivity index is 1.67. The molecule has 1 amide bonds. The molecule has 0 spiro atoms. The first-order valence-corrected chi connectivity index (χ1v) is 8.64. The van der Waals surface area contributed by atoms with Crippen molar-refractivity contribution in [3.63, 3.8) is 0 Å². The summed E-state index contributed by atoms with van der Waals surface area (Å²) in [6.45, 7) is 0. The van der Waals surface area contributed by atoms with Crippen LogP contribution in [0.25, 0.3) is 6.08 Å². The summed E-state index contributed by atoms with van der Waals surface area (Å²) in [7, 11) is 0. The fraction of sp³-hybridized carbons (Fsp3) is 0. The van der Waals surface area contributed by atoms with Crippen LogP contribution in [-0.4, -0.2) is 11.7 Å². The number of para-hydroxylation sites is 2. The molecule has 4 nitrogen and oxygen atoms in total. The number of allylic oxidation sites excluding steroid dienone is 1. The van der Waals surface area contributed by atoms with Crippen molar-refractivity contribution in [2.75, 3.05) is 11.1 Å². The number of carbonyl (C=O) groups is 2. The summed E-state index contributed by atoms with van der Waals surface area (Å²) >= 11 is 5.84. The Bertz CT molecular complexity index is 994. The van der Waals surface area contributed by atoms with E-state index in [1.54, 1.807) is 66.7 Å². The standard InChI is InChI=1S/C22H17ClN2O2/c23-18-12-5-15(6-13-18)7-14-21(26)16-8-10-17(11-9-16)22(27)25-20-4-2-1-3-19(20)24/h1-14H,24H2,(H,25,27)/b14-7+. The summed E-state index contributed by atoms with van der Waals surface area (Å²) < 4.78 is 0. The van der Waals surface area contributed by atoms with Gasteiger partial charge in [-0.3, -0.25) is 9.59 Å². The molecule has 0 saturated carbocycles. The maximum Gasteiger partial charge on any atom is 0.255 e. The molecule has 5 heteroatoms. The topological polar surface area (TPSA) is 72.2 Å². The number of amides is 1. The van der Waals surface area contributed by atoms with E-state index < -0.39 is 0 Å². The van der Waals surface area contributed by atoms with Gasteiger partial charge in [0.25, 0.3) is 5.91 Å². The normalized spacial score (nSPS) is 10.7. The fourth-order valence-corrected chi connectivity index (χ4v) is 2.56. The highest BCUT2D eigenvalue weighted by Crippen LogP contribution is 2.18. The minimum Gasteiger partial charge on any atom is -0.397 e. The molecule has 0 bridgehead atoms. The zero-order chi connectivity index (χ0) is 19.2. The number of halogens is 1. The zero-order valence-corrected chi connectivity index (χ0v) is 15.1. The van der Waals surface area contributed by atoms with Gasteiger partial charge in [-0.2, -0.15) is 0 Å². The van der Waals surface area contributed by atoms with E-state index in [1.165, 1.54) is 6.08 Å². The second-order valence-corrected chi connectivity index (χ2v) is 6.30. The lowest BCUT2D eigenvalue weighted by atomic mass is 10.1. The van der Waals surface area contributed by atoms with Crippen molar-refractivity contribution < 1.29 is 9.59 Å². The SMILES string of the molecule is Nc1ccccc1NC(=O)c1ccc(C(=O)/C=C/c2ccc(Cl)cc2)cc1. The number of anilines is 2. The van der Waals surface area contributed by atoms with Gasteiger partial charge in [-0.05, 0) is 48.0 Å². The molecule has 3 N–H and O–H groups in total. The minimum absolute atomic E-state index is 0.149. The largest absolute Gasteiger partial charge is 0.397 e. The molecule has 0 radical (unpaired) electrons. The van der Waals surface area contributed by atoms with Crippen molar-refractivity contribution in [2.24, 2.45) is 0 Å². The number of ketones is 1. The van der Waals surface area contributed by atoms with Crippen LogP contribution >= 0.6 is 11.6 Å². The van der Waals surface area contributed by atoms with Crippen LogP contribution in [-0.2, 0) is 0 Å². The maximum absolute atomic E-state index is 12.3. The van der Waals surface area contributed by atoms with Crippen LogP contribution in [0.4, 0.5) is 11.4 Å². The summed E-state index contributed by atoms with van der Waals surface area (Å²) in [5, 5.41) is 3.40. The number of nitrogens with two attached hydrogens (primary N) is 1. The fourth-order valence-electron chi connectivity index (χ4n) is 2.43. The highest BCUT2D eigenvalue weighted by atomic mass is 35.5. The minimum atomic E-state index is -0.288. The Morgan fingerprint density at radius 1 is 0.852 bits per heavy atom. The van der Waals surface area contributed by atoms with Crippen molar-refractivity contribution in [3.8, 4) is 0 Å². The smallest absolute Gasteiger partial charge is 0.255 e. The summed E-state index contributed by atoms with van der Waals surface area (Å²) in [5.74, 6) is -0.437. The lowest BCUT2D eigenvalue weighted by Crippen LogP contribution is -2.13. The molecule has 0 heterocycles. The van der Waals surface area contributed by atoms with Crippen molar-refractivity contribution in [3.05, 3.63) is 101 Å². The Hall–Kier alpha value is -3.37. The van der Waals surface area contributed by atoms with Gasteiger partial charge in [-0.25, -0.2) is 0 Å². The zero-order valence-electron chi connectivity index (χ0n) is 14.4. The van der Waals surface area contributed by atoms with E-state index in [-0.39, 0.29) is 11.7 Å². The van der Waals surface area contributed by atoms with Crippen molar-refractivity contribution in [2.45, 2.75) is 0 Å². The third-order valence-electron chi connectivity index (χ3n) is 3.94. The molecule has 0 saturated heterocycles. The number of carbonyl (C=O) groups excluding carboxylic acids is 2. The molecule has 3 rings (SSSR count). The quantitative estimate of drug-likeness (QED) is 0.371. The molecule has 0 aliphatic carbocycles. The van der Waals surface area contributed by atoms with Gasteiger partial charge < -0.3 is 11.1 Å². The van der Waals surface area contributed by atoms with Gasteiger partial charge in [-0.1, -0.05) is 54.1 Å². The van der Waals surface area contributed by atoms with Crippen LogP contribution in [0.1, 0.15) is 26.3 Å². The van der Waals surface area contributed by atoms with Gasteiger partial charge in [0.1, 0.15) is 0 Å². The van der Waals surface area contributed by atoms with Crippen LogP contribution in [0.5, 0.6) is 0 Å². The van der Waals surface area contributed by atoms with Gasteiger partial charge in [0, 0.05) is 16.1 Å². The molecule has 0 fully saturated rings. The number of hydrogen-bond acceptors (Lipinski definition) is 3. The van der Waals surface area contributed by atoms with E-state index in [9.17, 15) is 9.59 Å². The average Bonchev–Trinajstić information content (AvgIpc) is 2.69. The second-order valence-electron chi connectivity index (χ2n) is 5.87. The van der Waals surface area contributed by atoms with Crippen LogP contribution in [0, 0.1) is 0 Å². The number of benzene rings is 3. The number of nitrogen functional groups attached to an aromatic ring is 1. The molecule has 0 atom stereocenters. The van der Waals surface area contributed by atoms with Gasteiger partial charge in [0.05, 0.1) is 11.4 Å². The molecule has 3 aromatic carbocycles. The van der Waals surface area contributed by atoms with Crippen LogP contribution in [0.15, 0.2) is 78.9 Å². The number of hydrogen-bond donors (Lipinski definition) is 2. The third-order valence-corrected chi connectivity index (χ3v) is 4.19. The van der Waals surface area contributed by atoms with Crippen molar-refractivity contribution in [1.82, 2.24) is 0 Å². The summed E-state index contributed by atoms with van der Waals surface area (Å²) in [4.78, 5) is 24.6. The third kappa shape index (κ3) is 4.84. The molecule has 0 unspecified atom stereocenters. The van der Waals surface area contributed by atoms with E-state index in [1.807, 2.05) is 12.1 Å². The monoisotopic (exact) mass is 376 g/mol. The second kappa shape index (κ2) is 8.34. The summed E-state index contributed by atoms with van der Waals surface area (Å²) in [6.07, 6.45) is 3.21. The highest BCUT2D eigenvalue weighted by Gasteiger charge is 2.09. The Morgan fingerprint density at radius 2 is 1.48 bits per heavy atom. The first kappa shape index (κ1) is 18.4. The average molecular weight is 377 g/mol. The number of nitrogens with one attached hydrogen (secondary N) is 1. The van der Waals surface area contributed by atoms with Gasteiger partial charge in [-0.15, -0.1) is 0 Å². The molecular weight excluding hydrogens is 360 g/mol. The summed E-state index contributed by atoms with van der Waals surface area (Å²) in [6, 6.07) is 20.7. The molecule has 134 valence electrons. The first-order valence-electron chi connectivity index (χ1n) is 8.27. The van der Waals surface area contributed by atoms with Crippen LogP contribution in [0.2, 0.25) is 5.02 Å². The maximum atomic E-state index is 12.3. The van der Waals surface area contributed by atoms with E-state index in [0.717, 1.165) is 5.56 Å². The van der Waals surface area contributed by atoms with Gasteiger partial charge in [0.15, 0.2) is 5.78 Å². The van der Waals surface area contributed by atoms with E-state index in [4.69, 9.17) is 17.3 Å². The van der Waals surface area contributed by atoms with Gasteiger partial charge >= 0.3 is 0 Å². The Labute approximate surface area is 162 Å².